The predicted molar refractivity (Wildman–Crippen MR) is 131 cm³/mol. The van der Waals surface area contributed by atoms with Crippen molar-refractivity contribution in [3.63, 3.8) is 0 Å². The quantitative estimate of drug-likeness (QED) is 0.504. The highest BCUT2D eigenvalue weighted by molar-refractivity contribution is 6.11. The van der Waals surface area contributed by atoms with Gasteiger partial charge in [0.15, 0.2) is 5.78 Å². The lowest BCUT2D eigenvalue weighted by Gasteiger charge is -2.31. The fourth-order valence-electron chi connectivity index (χ4n) is 5.82. The van der Waals surface area contributed by atoms with Gasteiger partial charge in [-0.2, -0.15) is 0 Å². The second kappa shape index (κ2) is 9.11. The molecular weight excluding hydrogens is 446 g/mol. The van der Waals surface area contributed by atoms with Crippen molar-refractivity contribution in [2.24, 2.45) is 0 Å². The summed E-state index contributed by atoms with van der Waals surface area (Å²) in [6, 6.07) is 7.07. The summed E-state index contributed by atoms with van der Waals surface area (Å²) in [5.41, 5.74) is 1.21. The number of aliphatic hydroxyl groups is 1. The maximum atomic E-state index is 13.3. The molecule has 186 valence electrons. The van der Waals surface area contributed by atoms with Crippen LogP contribution >= 0.6 is 0 Å². The number of aromatic nitrogens is 2. The minimum atomic E-state index is -0.834. The van der Waals surface area contributed by atoms with E-state index in [1.165, 1.54) is 0 Å². The lowest BCUT2D eigenvalue weighted by molar-refractivity contribution is -0.132. The third-order valence-corrected chi connectivity index (χ3v) is 7.66. The lowest BCUT2D eigenvalue weighted by Crippen LogP contribution is -2.48. The summed E-state index contributed by atoms with van der Waals surface area (Å²) < 4.78 is 1.92. The van der Waals surface area contributed by atoms with Crippen LogP contribution in [-0.4, -0.2) is 68.6 Å². The zero-order valence-corrected chi connectivity index (χ0v) is 20.4. The maximum Gasteiger partial charge on any atom is 0.325 e. The standard InChI is InChI=1S/C26H33N5O4/c1-17-14-20(21(33)16-30-24(34)26(28-25(30)35)11-4-3-5-12-26)18(2)31(17)23-10-6-9-22(27-23)29-13-7-8-19(32)15-29/h6,9-10,14,19,32H,3-5,7-8,11-13,15-16H2,1-2H3,(H,28,35). The van der Waals surface area contributed by atoms with Gasteiger partial charge in [-0.3, -0.25) is 14.5 Å². The Morgan fingerprint density at radius 1 is 1.14 bits per heavy atom. The number of Topliss-reactive ketones (excluding diaryl/α,β-unsaturated/α-hetero) is 1. The van der Waals surface area contributed by atoms with Crippen molar-refractivity contribution in [1.82, 2.24) is 19.8 Å². The average molecular weight is 480 g/mol. The predicted octanol–water partition coefficient (Wildman–Crippen LogP) is 2.89. The molecule has 3 fully saturated rings. The minimum Gasteiger partial charge on any atom is -0.391 e. The first-order valence-electron chi connectivity index (χ1n) is 12.6. The first-order valence-corrected chi connectivity index (χ1v) is 12.6. The number of carbonyl (C=O) groups is 3. The van der Waals surface area contributed by atoms with Crippen LogP contribution in [0, 0.1) is 13.8 Å². The topological polar surface area (TPSA) is 108 Å². The van der Waals surface area contributed by atoms with E-state index >= 15 is 0 Å². The third-order valence-electron chi connectivity index (χ3n) is 7.66. The summed E-state index contributed by atoms with van der Waals surface area (Å²) >= 11 is 0. The smallest absolute Gasteiger partial charge is 0.325 e. The molecule has 1 spiro atoms. The molecule has 2 saturated heterocycles. The van der Waals surface area contributed by atoms with Crippen LogP contribution in [0.4, 0.5) is 10.6 Å². The zero-order valence-electron chi connectivity index (χ0n) is 20.4. The number of anilines is 1. The molecule has 35 heavy (non-hydrogen) atoms. The van der Waals surface area contributed by atoms with Gasteiger partial charge in [0.05, 0.1) is 12.6 Å². The van der Waals surface area contributed by atoms with Gasteiger partial charge in [0, 0.05) is 30.0 Å². The van der Waals surface area contributed by atoms with E-state index in [0.717, 1.165) is 60.8 Å². The van der Waals surface area contributed by atoms with E-state index in [0.29, 0.717) is 30.8 Å². The van der Waals surface area contributed by atoms with E-state index in [9.17, 15) is 19.5 Å². The fourth-order valence-corrected chi connectivity index (χ4v) is 5.82. The highest BCUT2D eigenvalue weighted by atomic mass is 16.3. The number of carbonyl (C=O) groups excluding carboxylic acids is 3. The maximum absolute atomic E-state index is 13.3. The number of hydrogen-bond acceptors (Lipinski definition) is 6. The monoisotopic (exact) mass is 479 g/mol. The summed E-state index contributed by atoms with van der Waals surface area (Å²) in [5.74, 6) is 0.935. The lowest BCUT2D eigenvalue weighted by atomic mass is 9.82. The second-order valence-electron chi connectivity index (χ2n) is 10.1. The Morgan fingerprint density at radius 2 is 1.89 bits per heavy atom. The van der Waals surface area contributed by atoms with Crippen LogP contribution in [0.1, 0.15) is 66.7 Å². The Bertz CT molecular complexity index is 1170. The summed E-state index contributed by atoms with van der Waals surface area (Å²) in [6.45, 7) is 4.89. The molecule has 1 saturated carbocycles. The molecule has 0 aromatic carbocycles. The number of hydrogen-bond donors (Lipinski definition) is 2. The normalized spacial score (nSPS) is 22.1. The molecule has 9 heteroatoms. The van der Waals surface area contributed by atoms with Crippen molar-refractivity contribution in [3.05, 3.63) is 41.2 Å². The number of aryl methyl sites for hydroxylation is 1. The zero-order chi connectivity index (χ0) is 24.7. The molecule has 1 aliphatic carbocycles. The number of rotatable bonds is 5. The molecule has 4 heterocycles. The number of aliphatic hydroxyl groups excluding tert-OH is 1. The Labute approximate surface area is 205 Å². The van der Waals surface area contributed by atoms with Gasteiger partial charge in [0.1, 0.15) is 17.2 Å². The van der Waals surface area contributed by atoms with E-state index in [-0.39, 0.29) is 24.3 Å². The van der Waals surface area contributed by atoms with Crippen LogP contribution in [0.25, 0.3) is 5.82 Å². The Morgan fingerprint density at radius 3 is 2.63 bits per heavy atom. The molecule has 3 aliphatic rings. The highest BCUT2D eigenvalue weighted by Gasteiger charge is 2.51. The van der Waals surface area contributed by atoms with E-state index < -0.39 is 11.6 Å². The van der Waals surface area contributed by atoms with Gasteiger partial charge in [-0.1, -0.05) is 25.3 Å². The molecular formula is C26H33N5O4. The SMILES string of the molecule is Cc1cc(C(=O)CN2C(=O)NC3(CCCCC3)C2=O)c(C)n1-c1cccc(N2CCCC(O)C2)n1. The summed E-state index contributed by atoms with van der Waals surface area (Å²) in [6.07, 6.45) is 5.48. The molecule has 1 unspecified atom stereocenters. The van der Waals surface area contributed by atoms with Gasteiger partial charge in [-0.25, -0.2) is 9.78 Å². The number of nitrogens with zero attached hydrogens (tertiary/aromatic N) is 4. The van der Waals surface area contributed by atoms with E-state index in [2.05, 4.69) is 10.2 Å². The fraction of sp³-hybridized carbons (Fsp3) is 0.538. The van der Waals surface area contributed by atoms with Crippen LogP contribution in [0.2, 0.25) is 0 Å². The van der Waals surface area contributed by atoms with Gasteiger partial charge in [-0.15, -0.1) is 0 Å². The Hall–Kier alpha value is -3.20. The average Bonchev–Trinajstić information content (AvgIpc) is 3.27. The van der Waals surface area contributed by atoms with Gasteiger partial charge in [0.2, 0.25) is 0 Å². The van der Waals surface area contributed by atoms with Crippen molar-refractivity contribution in [2.75, 3.05) is 24.5 Å². The number of piperidine rings is 1. The molecule has 2 aromatic rings. The number of urea groups is 1. The van der Waals surface area contributed by atoms with Crippen molar-refractivity contribution in [2.45, 2.75) is 70.4 Å². The van der Waals surface area contributed by atoms with E-state index in [4.69, 9.17) is 4.98 Å². The van der Waals surface area contributed by atoms with Crippen molar-refractivity contribution in [3.8, 4) is 5.82 Å². The number of amides is 3. The van der Waals surface area contributed by atoms with E-state index in [1.807, 2.05) is 36.6 Å². The van der Waals surface area contributed by atoms with Gasteiger partial charge in [-0.05, 0) is 57.7 Å². The number of nitrogens with one attached hydrogen (secondary N) is 1. The Balaban J connectivity index is 1.37. The number of pyridine rings is 1. The van der Waals surface area contributed by atoms with Crippen LogP contribution in [0.3, 0.4) is 0 Å². The van der Waals surface area contributed by atoms with Crippen molar-refractivity contribution >= 4 is 23.5 Å². The first-order chi connectivity index (χ1) is 16.8. The van der Waals surface area contributed by atoms with Gasteiger partial charge >= 0.3 is 6.03 Å². The molecule has 0 bridgehead atoms. The molecule has 2 aromatic heterocycles. The third kappa shape index (κ3) is 4.22. The number of imide groups is 1. The number of β-amino-alcohol motifs (C(OH)–C–C–N with tert-alkyl or cyclic N) is 1. The van der Waals surface area contributed by atoms with E-state index in [1.54, 1.807) is 6.07 Å². The highest BCUT2D eigenvalue weighted by Crippen LogP contribution is 2.34. The molecule has 1 atom stereocenters. The Kier molecular flexibility index (Phi) is 6.13. The van der Waals surface area contributed by atoms with Crippen LogP contribution in [0.15, 0.2) is 24.3 Å². The molecule has 0 radical (unpaired) electrons. The summed E-state index contributed by atoms with van der Waals surface area (Å²) in [7, 11) is 0. The first kappa shape index (κ1) is 23.5. The molecule has 2 N–H and O–H groups in total. The largest absolute Gasteiger partial charge is 0.391 e. The van der Waals surface area contributed by atoms with Crippen molar-refractivity contribution < 1.29 is 19.5 Å². The molecule has 2 aliphatic heterocycles. The molecule has 5 rings (SSSR count). The molecule has 9 nitrogen and oxygen atoms in total. The van der Waals surface area contributed by atoms with Crippen LogP contribution in [-0.2, 0) is 4.79 Å². The summed E-state index contributed by atoms with van der Waals surface area (Å²) in [4.78, 5) is 47.0. The molecule has 3 amide bonds. The van der Waals surface area contributed by atoms with Gasteiger partial charge < -0.3 is 19.9 Å². The summed E-state index contributed by atoms with van der Waals surface area (Å²) in [5, 5.41) is 12.9. The van der Waals surface area contributed by atoms with Crippen LogP contribution < -0.4 is 10.2 Å². The second-order valence-corrected chi connectivity index (χ2v) is 10.1. The minimum absolute atomic E-state index is 0.268. The van der Waals surface area contributed by atoms with Crippen LogP contribution in [0.5, 0.6) is 0 Å². The van der Waals surface area contributed by atoms with Crippen molar-refractivity contribution in [1.29, 1.82) is 0 Å². The van der Waals surface area contributed by atoms with Gasteiger partial charge in [0.25, 0.3) is 5.91 Å². The number of ketones is 1.